The molecule has 170 valence electrons. The molecule has 0 aliphatic rings. The van der Waals surface area contributed by atoms with E-state index in [-0.39, 0.29) is 11.7 Å². The third kappa shape index (κ3) is 6.19. The molecule has 1 amide bonds. The number of aromatic nitrogens is 2. The molecule has 33 heavy (non-hydrogen) atoms. The fourth-order valence-electron chi connectivity index (χ4n) is 3.80. The van der Waals surface area contributed by atoms with Gasteiger partial charge in [0.15, 0.2) is 0 Å². The minimum Gasteiger partial charge on any atom is -0.494 e. The molecule has 0 bridgehead atoms. The van der Waals surface area contributed by atoms with Crippen molar-refractivity contribution >= 4 is 16.9 Å². The first-order chi connectivity index (χ1) is 16.2. The van der Waals surface area contributed by atoms with E-state index in [1.807, 2.05) is 48.5 Å². The Morgan fingerprint density at radius 1 is 0.909 bits per heavy atom. The highest BCUT2D eigenvalue weighted by atomic mass is 19.1. The van der Waals surface area contributed by atoms with Gasteiger partial charge in [0.25, 0.3) is 5.91 Å². The van der Waals surface area contributed by atoms with Crippen LogP contribution < -0.4 is 10.1 Å². The number of amides is 1. The lowest BCUT2D eigenvalue weighted by atomic mass is 10.2. The number of nitrogens with one attached hydrogen (secondary N) is 1. The Morgan fingerprint density at radius 2 is 1.67 bits per heavy atom. The van der Waals surface area contributed by atoms with Crippen LogP contribution in [0.4, 0.5) is 4.39 Å². The van der Waals surface area contributed by atoms with E-state index in [1.54, 1.807) is 0 Å². The minimum atomic E-state index is -0.350. The van der Waals surface area contributed by atoms with Gasteiger partial charge in [-0.3, -0.25) is 4.79 Å². The third-order valence-electron chi connectivity index (χ3n) is 5.49. The number of ether oxygens (including phenoxy) is 1. The second-order valence-corrected chi connectivity index (χ2v) is 7.90. The standard InChI is InChI=1S/C27H28FN3O2/c28-22-16-14-21(15-17-22)27(32)29-18-8-13-26-30-24-11-4-5-12-25(24)31(26)19-6-7-20-33-23-9-2-1-3-10-23/h1-5,9-12,14-17H,6-8,13,18-20H2,(H,29,32). The maximum Gasteiger partial charge on any atom is 0.251 e. The normalized spacial score (nSPS) is 10.9. The van der Waals surface area contributed by atoms with Crippen LogP contribution in [0.5, 0.6) is 5.75 Å². The van der Waals surface area contributed by atoms with Crippen molar-refractivity contribution in [3.63, 3.8) is 0 Å². The van der Waals surface area contributed by atoms with E-state index >= 15 is 0 Å². The van der Waals surface area contributed by atoms with Gasteiger partial charge < -0.3 is 14.6 Å². The average Bonchev–Trinajstić information content (AvgIpc) is 3.20. The first-order valence-corrected chi connectivity index (χ1v) is 11.4. The molecule has 3 aromatic carbocycles. The smallest absolute Gasteiger partial charge is 0.251 e. The van der Waals surface area contributed by atoms with Crippen molar-refractivity contribution in [2.75, 3.05) is 13.2 Å². The van der Waals surface area contributed by atoms with Crippen molar-refractivity contribution in [3.8, 4) is 5.75 Å². The number of unbranched alkanes of at least 4 members (excludes halogenated alkanes) is 1. The maximum absolute atomic E-state index is 13.0. The molecular weight excluding hydrogens is 417 g/mol. The van der Waals surface area contributed by atoms with Crippen molar-refractivity contribution < 1.29 is 13.9 Å². The lowest BCUT2D eigenvalue weighted by Crippen LogP contribution is -2.25. The molecule has 0 fully saturated rings. The number of carbonyl (C=O) groups excluding carboxylic acids is 1. The SMILES string of the molecule is O=C(NCCCc1nc2ccccc2n1CCCCOc1ccccc1)c1ccc(F)cc1. The van der Waals surface area contributed by atoms with E-state index in [2.05, 4.69) is 16.0 Å². The van der Waals surface area contributed by atoms with Gasteiger partial charge in [0, 0.05) is 25.1 Å². The molecule has 6 heteroatoms. The first kappa shape index (κ1) is 22.5. The van der Waals surface area contributed by atoms with E-state index in [0.29, 0.717) is 18.7 Å². The predicted octanol–water partition coefficient (Wildman–Crippen LogP) is 5.40. The average molecular weight is 446 g/mol. The van der Waals surface area contributed by atoms with Gasteiger partial charge in [-0.2, -0.15) is 0 Å². The Hall–Kier alpha value is -3.67. The summed E-state index contributed by atoms with van der Waals surface area (Å²) in [6.07, 6.45) is 3.47. The van der Waals surface area contributed by atoms with Crippen LogP contribution in [0, 0.1) is 5.82 Å². The van der Waals surface area contributed by atoms with Gasteiger partial charge in [0.1, 0.15) is 17.4 Å². The largest absolute Gasteiger partial charge is 0.494 e. The van der Waals surface area contributed by atoms with Crippen LogP contribution in [0.1, 0.15) is 35.4 Å². The van der Waals surface area contributed by atoms with Crippen molar-refractivity contribution in [1.82, 2.24) is 14.9 Å². The summed E-state index contributed by atoms with van der Waals surface area (Å²) in [5, 5.41) is 2.90. The number of halogens is 1. The van der Waals surface area contributed by atoms with Gasteiger partial charge in [-0.25, -0.2) is 9.37 Å². The van der Waals surface area contributed by atoms with E-state index in [4.69, 9.17) is 9.72 Å². The van der Waals surface area contributed by atoms with E-state index in [1.165, 1.54) is 24.3 Å². The Kier molecular flexibility index (Phi) is 7.69. The van der Waals surface area contributed by atoms with Gasteiger partial charge >= 0.3 is 0 Å². The topological polar surface area (TPSA) is 56.2 Å². The van der Waals surface area contributed by atoms with Crippen LogP contribution in [0.15, 0.2) is 78.9 Å². The number of hydrogen-bond donors (Lipinski definition) is 1. The summed E-state index contributed by atoms with van der Waals surface area (Å²) in [4.78, 5) is 17.0. The molecule has 0 saturated carbocycles. The Labute approximate surface area is 193 Å². The summed E-state index contributed by atoms with van der Waals surface area (Å²) in [6, 6.07) is 23.6. The predicted molar refractivity (Wildman–Crippen MR) is 128 cm³/mol. The van der Waals surface area contributed by atoms with Gasteiger partial charge in [-0.05, 0) is 67.8 Å². The van der Waals surface area contributed by atoms with E-state index < -0.39 is 0 Å². The zero-order chi connectivity index (χ0) is 22.9. The molecule has 5 nitrogen and oxygen atoms in total. The van der Waals surface area contributed by atoms with Crippen molar-refractivity contribution in [1.29, 1.82) is 0 Å². The molecule has 0 unspecified atom stereocenters. The minimum absolute atomic E-state index is 0.193. The molecule has 0 saturated heterocycles. The quantitative estimate of drug-likeness (QED) is 0.315. The number of aryl methyl sites for hydroxylation is 2. The van der Waals surface area contributed by atoms with E-state index in [9.17, 15) is 9.18 Å². The van der Waals surface area contributed by atoms with Gasteiger partial charge in [0.05, 0.1) is 17.6 Å². The van der Waals surface area contributed by atoms with Crippen molar-refractivity contribution in [2.45, 2.75) is 32.2 Å². The second-order valence-electron chi connectivity index (χ2n) is 7.90. The number of rotatable bonds is 11. The fraction of sp³-hybridized carbons (Fsp3) is 0.259. The second kappa shape index (κ2) is 11.3. The molecule has 0 radical (unpaired) electrons. The van der Waals surface area contributed by atoms with Gasteiger partial charge in [-0.15, -0.1) is 0 Å². The number of imidazole rings is 1. The number of nitrogens with zero attached hydrogens (tertiary/aromatic N) is 2. The number of carbonyl (C=O) groups is 1. The molecular formula is C27H28FN3O2. The molecule has 0 atom stereocenters. The summed E-state index contributed by atoms with van der Waals surface area (Å²) in [5.41, 5.74) is 2.58. The maximum atomic E-state index is 13.0. The molecule has 4 aromatic rings. The van der Waals surface area contributed by atoms with Crippen LogP contribution in [0.3, 0.4) is 0 Å². The highest BCUT2D eigenvalue weighted by molar-refractivity contribution is 5.94. The zero-order valence-corrected chi connectivity index (χ0v) is 18.5. The lowest BCUT2D eigenvalue weighted by Gasteiger charge is -2.11. The first-order valence-electron chi connectivity index (χ1n) is 11.4. The monoisotopic (exact) mass is 445 g/mol. The van der Waals surface area contributed by atoms with Crippen LogP contribution in [0.25, 0.3) is 11.0 Å². The molecule has 1 aromatic heterocycles. The highest BCUT2D eigenvalue weighted by Gasteiger charge is 2.11. The van der Waals surface area contributed by atoms with Crippen LogP contribution in [0.2, 0.25) is 0 Å². The molecule has 0 aliphatic heterocycles. The summed E-state index contributed by atoms with van der Waals surface area (Å²) < 4.78 is 21.1. The fourth-order valence-corrected chi connectivity index (χ4v) is 3.80. The van der Waals surface area contributed by atoms with Gasteiger partial charge in [0.2, 0.25) is 0 Å². The van der Waals surface area contributed by atoms with Crippen LogP contribution >= 0.6 is 0 Å². The molecule has 0 spiro atoms. The summed E-state index contributed by atoms with van der Waals surface area (Å²) in [5.74, 6) is 1.38. The number of hydrogen-bond acceptors (Lipinski definition) is 3. The molecule has 1 heterocycles. The lowest BCUT2D eigenvalue weighted by molar-refractivity contribution is 0.0953. The Morgan fingerprint density at radius 3 is 2.48 bits per heavy atom. The molecule has 1 N–H and O–H groups in total. The third-order valence-corrected chi connectivity index (χ3v) is 5.49. The Balaban J connectivity index is 1.29. The number of benzene rings is 3. The van der Waals surface area contributed by atoms with Gasteiger partial charge in [-0.1, -0.05) is 30.3 Å². The van der Waals surface area contributed by atoms with Crippen LogP contribution in [-0.2, 0) is 13.0 Å². The van der Waals surface area contributed by atoms with Crippen LogP contribution in [-0.4, -0.2) is 28.6 Å². The number of fused-ring (bicyclic) bond motifs is 1. The zero-order valence-electron chi connectivity index (χ0n) is 18.5. The van der Waals surface area contributed by atoms with Crippen molar-refractivity contribution in [2.24, 2.45) is 0 Å². The molecule has 0 aliphatic carbocycles. The Bertz CT molecular complexity index is 1170. The van der Waals surface area contributed by atoms with E-state index in [0.717, 1.165) is 54.8 Å². The molecule has 4 rings (SSSR count). The highest BCUT2D eigenvalue weighted by Crippen LogP contribution is 2.18. The van der Waals surface area contributed by atoms with Crippen molar-refractivity contribution in [3.05, 3.63) is 96.1 Å². The summed E-state index contributed by atoms with van der Waals surface area (Å²) in [7, 11) is 0. The summed E-state index contributed by atoms with van der Waals surface area (Å²) >= 11 is 0. The summed E-state index contributed by atoms with van der Waals surface area (Å²) in [6.45, 7) is 2.08. The number of para-hydroxylation sites is 3.